The summed E-state index contributed by atoms with van der Waals surface area (Å²) in [4.78, 5) is 29.5. The van der Waals surface area contributed by atoms with E-state index in [0.29, 0.717) is 47.9 Å². The van der Waals surface area contributed by atoms with Crippen LogP contribution in [0.1, 0.15) is 75.8 Å². The quantitative estimate of drug-likeness (QED) is 0.242. The van der Waals surface area contributed by atoms with E-state index in [0.717, 1.165) is 73.9 Å². The summed E-state index contributed by atoms with van der Waals surface area (Å²) in [5.74, 6) is 1.42. The fourth-order valence-corrected chi connectivity index (χ4v) is 6.64. The molecule has 6 rings (SSSR count). The first-order valence-corrected chi connectivity index (χ1v) is 15.2. The Bertz CT molecular complexity index is 1330. The molecule has 13 heteroatoms. The predicted molar refractivity (Wildman–Crippen MR) is 175 cm³/mol. The Morgan fingerprint density at radius 2 is 1.64 bits per heavy atom. The third-order valence-electron chi connectivity index (χ3n) is 8.82. The first-order valence-electron chi connectivity index (χ1n) is 14.8. The molecule has 10 nitrogen and oxygen atoms in total. The zero-order valence-electron chi connectivity index (χ0n) is 24.0. The fourth-order valence-electron chi connectivity index (χ4n) is 6.37. The van der Waals surface area contributed by atoms with Crippen LogP contribution in [0.2, 0.25) is 5.02 Å². The summed E-state index contributed by atoms with van der Waals surface area (Å²) >= 11 is 6.32. The molecule has 0 radical (unpaired) electrons. The molecule has 1 aliphatic heterocycles. The van der Waals surface area contributed by atoms with E-state index in [1.54, 1.807) is 6.07 Å². The topological polar surface area (TPSA) is 126 Å². The molecule has 2 aromatic heterocycles. The van der Waals surface area contributed by atoms with Crippen LogP contribution in [-0.2, 0) is 0 Å². The number of anilines is 3. The lowest BCUT2D eigenvalue weighted by Gasteiger charge is -2.33. The molecule has 2 aliphatic carbocycles. The summed E-state index contributed by atoms with van der Waals surface area (Å²) in [7, 11) is 0. The fraction of sp³-hybridized carbons (Fsp3) is 0.586. The zero-order valence-corrected chi connectivity index (χ0v) is 26.4. The van der Waals surface area contributed by atoms with Gasteiger partial charge in [0.25, 0.3) is 0 Å². The molecule has 2 saturated carbocycles. The maximum Gasteiger partial charge on any atom is 0.321 e. The second kappa shape index (κ2) is 14.3. The van der Waals surface area contributed by atoms with Gasteiger partial charge in [0.05, 0.1) is 17.0 Å². The van der Waals surface area contributed by atoms with Crippen molar-refractivity contribution in [2.24, 2.45) is 5.73 Å². The third-order valence-corrected chi connectivity index (χ3v) is 9.14. The highest BCUT2D eigenvalue weighted by molar-refractivity contribution is 6.33. The molecule has 0 bridgehead atoms. The molecule has 3 aliphatic rings. The molecule has 230 valence electrons. The van der Waals surface area contributed by atoms with Crippen LogP contribution in [0.3, 0.4) is 0 Å². The molecule has 5 N–H and O–H groups in total. The highest BCUT2D eigenvalue weighted by Crippen LogP contribution is 2.34. The molecule has 1 saturated heterocycles. The first kappa shape index (κ1) is 32.4. The number of nitrogens with two attached hydrogens (primary N) is 1. The van der Waals surface area contributed by atoms with Gasteiger partial charge in [-0.05, 0) is 69.9 Å². The summed E-state index contributed by atoms with van der Waals surface area (Å²) < 4.78 is 2.25. The molecular weight excluding hydrogens is 597 g/mol. The number of fused-ring (bicyclic) bond motifs is 1. The molecule has 0 spiro atoms. The molecule has 2 amide bonds. The number of aryl methyl sites for hydroxylation is 1. The number of piperidine rings is 1. The highest BCUT2D eigenvalue weighted by Gasteiger charge is 2.27. The minimum Gasteiger partial charge on any atom is -0.365 e. The lowest BCUT2D eigenvalue weighted by molar-refractivity contribution is 0.197. The van der Waals surface area contributed by atoms with E-state index in [2.05, 4.69) is 20.5 Å². The van der Waals surface area contributed by atoms with E-state index >= 15 is 0 Å². The van der Waals surface area contributed by atoms with Gasteiger partial charge >= 0.3 is 6.03 Å². The van der Waals surface area contributed by atoms with Crippen molar-refractivity contribution < 1.29 is 4.79 Å². The Kier molecular flexibility index (Phi) is 11.0. The first-order chi connectivity index (χ1) is 19.4. The van der Waals surface area contributed by atoms with Crippen molar-refractivity contribution in [3.05, 3.63) is 35.1 Å². The van der Waals surface area contributed by atoms with E-state index in [1.165, 1.54) is 12.8 Å². The number of halogens is 3. The smallest absolute Gasteiger partial charge is 0.321 e. The lowest BCUT2D eigenvalue weighted by atomic mass is 9.92. The second-order valence-corrected chi connectivity index (χ2v) is 12.1. The monoisotopic (exact) mass is 637 g/mol. The Labute approximate surface area is 264 Å². The van der Waals surface area contributed by atoms with Gasteiger partial charge in [-0.3, -0.25) is 0 Å². The van der Waals surface area contributed by atoms with Gasteiger partial charge in [0.15, 0.2) is 17.0 Å². The van der Waals surface area contributed by atoms with E-state index in [1.807, 2.05) is 30.3 Å². The number of hydrogen-bond donors (Lipinski definition) is 4. The number of carbonyl (C=O) groups is 1. The maximum atomic E-state index is 13.0. The van der Waals surface area contributed by atoms with Gasteiger partial charge in [-0.25, -0.2) is 9.78 Å². The van der Waals surface area contributed by atoms with Crippen LogP contribution < -0.4 is 21.7 Å². The Morgan fingerprint density at radius 1 is 0.952 bits per heavy atom. The number of imidazole rings is 1. The third kappa shape index (κ3) is 7.15. The molecule has 3 aromatic rings. The Hall–Kier alpha value is -2.53. The number of likely N-dealkylation sites (tertiary alicyclic amines) is 1. The van der Waals surface area contributed by atoms with Crippen molar-refractivity contribution in [3.8, 4) is 0 Å². The SMILES string of the molecule is Cc1cccc(Cl)c1NC(=O)N1CCC(Nc2nc(NC3CCC(N)CC3)nc3c2ncn3C2CCCC2)CC1.Cl.Cl. The van der Waals surface area contributed by atoms with Gasteiger partial charge in [-0.2, -0.15) is 9.97 Å². The minimum absolute atomic E-state index is 0. The van der Waals surface area contributed by atoms with E-state index in [4.69, 9.17) is 32.3 Å². The van der Waals surface area contributed by atoms with Crippen LogP contribution in [0.15, 0.2) is 24.5 Å². The van der Waals surface area contributed by atoms with E-state index in [9.17, 15) is 4.79 Å². The molecule has 0 atom stereocenters. The number of urea groups is 1. The van der Waals surface area contributed by atoms with Gasteiger partial charge in [-0.1, -0.05) is 36.6 Å². The van der Waals surface area contributed by atoms with Gasteiger partial charge in [-0.15, -0.1) is 24.8 Å². The van der Waals surface area contributed by atoms with Crippen LogP contribution in [0.5, 0.6) is 0 Å². The lowest BCUT2D eigenvalue weighted by Crippen LogP contribution is -2.44. The molecule has 42 heavy (non-hydrogen) atoms. The van der Waals surface area contributed by atoms with Crippen molar-refractivity contribution in [3.63, 3.8) is 0 Å². The summed E-state index contributed by atoms with van der Waals surface area (Å²) in [5.41, 5.74) is 9.47. The summed E-state index contributed by atoms with van der Waals surface area (Å²) in [6.45, 7) is 3.23. The number of nitrogens with zero attached hydrogens (tertiary/aromatic N) is 5. The van der Waals surface area contributed by atoms with Crippen LogP contribution >= 0.6 is 36.4 Å². The average Bonchev–Trinajstić information content (AvgIpc) is 3.63. The molecule has 3 fully saturated rings. The van der Waals surface area contributed by atoms with E-state index in [-0.39, 0.29) is 36.9 Å². The second-order valence-electron chi connectivity index (χ2n) is 11.7. The number of rotatable bonds is 6. The zero-order chi connectivity index (χ0) is 27.6. The number of carbonyl (C=O) groups excluding carboxylic acids is 1. The number of para-hydroxylation sites is 1. The molecule has 0 unspecified atom stereocenters. The number of hydrogen-bond acceptors (Lipinski definition) is 7. The van der Waals surface area contributed by atoms with Crippen LogP contribution in [-0.4, -0.2) is 61.7 Å². The number of amides is 2. The van der Waals surface area contributed by atoms with Gasteiger partial charge < -0.3 is 31.2 Å². The standard InChI is InChI=1S/C29H40ClN9O.2ClH/c1-18-5-4-8-23(30)24(18)35-29(40)38-15-13-21(14-16-38)33-26-25-27(39(17-32-25)22-6-2-3-7-22)37-28(36-26)34-20-11-9-19(31)10-12-20;;/h4-5,8,17,19-22H,2-3,6-7,9-16,31H2,1H3,(H,35,40)(H2,33,34,36,37);2*1H. The number of nitrogens with one attached hydrogen (secondary N) is 3. The van der Waals surface area contributed by atoms with Crippen LogP contribution in [0.25, 0.3) is 11.2 Å². The van der Waals surface area contributed by atoms with Crippen molar-refractivity contribution in [1.29, 1.82) is 0 Å². The van der Waals surface area contributed by atoms with Gasteiger partial charge in [0.2, 0.25) is 5.95 Å². The summed E-state index contributed by atoms with van der Waals surface area (Å²) in [6.07, 6.45) is 12.5. The normalized spacial score (nSPS) is 21.5. The van der Waals surface area contributed by atoms with Crippen LogP contribution in [0.4, 0.5) is 22.2 Å². The minimum atomic E-state index is -0.118. The van der Waals surface area contributed by atoms with Crippen molar-refractivity contribution in [1.82, 2.24) is 24.4 Å². The average molecular weight is 639 g/mol. The van der Waals surface area contributed by atoms with Crippen molar-refractivity contribution >= 4 is 71.1 Å². The highest BCUT2D eigenvalue weighted by atomic mass is 35.5. The van der Waals surface area contributed by atoms with Gasteiger partial charge in [0.1, 0.15) is 0 Å². The molecule has 3 heterocycles. The van der Waals surface area contributed by atoms with E-state index < -0.39 is 0 Å². The predicted octanol–water partition coefficient (Wildman–Crippen LogP) is 6.54. The van der Waals surface area contributed by atoms with Crippen molar-refractivity contribution in [2.45, 2.75) is 95.3 Å². The largest absolute Gasteiger partial charge is 0.365 e. The number of benzene rings is 1. The summed E-state index contributed by atoms with van der Waals surface area (Å²) in [6, 6.07) is 6.76. The Morgan fingerprint density at radius 3 is 2.33 bits per heavy atom. The Balaban J connectivity index is 0.00000202. The van der Waals surface area contributed by atoms with Crippen LogP contribution in [0, 0.1) is 6.92 Å². The van der Waals surface area contributed by atoms with Gasteiger partial charge in [0, 0.05) is 37.3 Å². The maximum absolute atomic E-state index is 13.0. The molecular formula is C29H42Cl3N9O. The summed E-state index contributed by atoms with van der Waals surface area (Å²) in [5, 5.41) is 10.8. The molecule has 1 aromatic carbocycles. The van der Waals surface area contributed by atoms with Crippen molar-refractivity contribution in [2.75, 3.05) is 29.0 Å². The number of aromatic nitrogens is 4.